The van der Waals surface area contributed by atoms with Crippen LogP contribution in [-0.4, -0.2) is 45.5 Å². The molecule has 0 bridgehead atoms. The van der Waals surface area contributed by atoms with E-state index in [1.165, 1.54) is 0 Å². The van der Waals surface area contributed by atoms with Gasteiger partial charge >= 0.3 is 6.18 Å². The first-order valence-corrected chi connectivity index (χ1v) is 8.75. The van der Waals surface area contributed by atoms with E-state index in [0.717, 1.165) is 5.56 Å². The molecule has 5 nitrogen and oxygen atoms in total. The Morgan fingerprint density at radius 3 is 2.15 bits per heavy atom. The van der Waals surface area contributed by atoms with Crippen LogP contribution in [0.4, 0.5) is 13.2 Å². The number of halogens is 3. The van der Waals surface area contributed by atoms with Gasteiger partial charge in [-0.3, -0.25) is 4.99 Å². The van der Waals surface area contributed by atoms with Gasteiger partial charge in [-0.05, 0) is 16.5 Å². The summed E-state index contributed by atoms with van der Waals surface area (Å²) in [7, 11) is 3.38. The van der Waals surface area contributed by atoms with Crippen molar-refractivity contribution in [1.29, 1.82) is 0 Å². The number of alkyl halides is 3. The quantitative estimate of drug-likeness (QED) is 0.528. The number of nitrogens with one attached hydrogen (secondary N) is 2. The number of guanidine groups is 1. The van der Waals surface area contributed by atoms with Crippen LogP contribution < -0.4 is 10.6 Å². The van der Waals surface area contributed by atoms with Crippen LogP contribution in [0.5, 0.6) is 0 Å². The molecule has 0 fully saturated rings. The van der Waals surface area contributed by atoms with Crippen LogP contribution in [0.1, 0.15) is 31.9 Å². The van der Waals surface area contributed by atoms with Crippen molar-refractivity contribution >= 4 is 5.96 Å². The zero-order valence-electron chi connectivity index (χ0n) is 16.6. The van der Waals surface area contributed by atoms with Crippen LogP contribution in [0, 0.1) is 5.41 Å². The van der Waals surface area contributed by atoms with Crippen molar-refractivity contribution in [3.8, 4) is 0 Å². The van der Waals surface area contributed by atoms with Gasteiger partial charge in [-0.25, -0.2) is 0 Å². The van der Waals surface area contributed by atoms with Gasteiger partial charge in [-0.15, -0.1) is 0 Å². The number of methoxy groups -OCH3 is 1. The molecule has 0 saturated heterocycles. The van der Waals surface area contributed by atoms with E-state index in [0.29, 0.717) is 24.6 Å². The molecule has 1 aromatic carbocycles. The highest BCUT2D eigenvalue weighted by atomic mass is 19.4. The smallest absolute Gasteiger partial charge is 0.379 e. The molecule has 154 valence electrons. The van der Waals surface area contributed by atoms with E-state index in [1.807, 2.05) is 12.1 Å². The Bertz CT molecular complexity index is 581. The number of ether oxygens (including phenoxy) is 2. The summed E-state index contributed by atoms with van der Waals surface area (Å²) < 4.78 is 46.4. The summed E-state index contributed by atoms with van der Waals surface area (Å²) in [6.07, 6.45) is -4.27. The SMILES string of the molecule is CN=C(NCc1ccc(COCC(F)(F)F)cc1)NCC(OC)C(C)(C)C. The molecule has 0 aromatic heterocycles. The van der Waals surface area contributed by atoms with Crippen molar-refractivity contribution in [3.63, 3.8) is 0 Å². The van der Waals surface area contributed by atoms with Crippen LogP contribution in [0.2, 0.25) is 0 Å². The number of nitrogens with zero attached hydrogens (tertiary/aromatic N) is 1. The summed E-state index contributed by atoms with van der Waals surface area (Å²) in [6, 6.07) is 7.20. The Kier molecular flexibility index (Phi) is 9.05. The van der Waals surface area contributed by atoms with Gasteiger partial charge in [0.05, 0.1) is 12.7 Å². The highest BCUT2D eigenvalue weighted by Crippen LogP contribution is 2.21. The molecule has 2 N–H and O–H groups in total. The monoisotopic (exact) mass is 389 g/mol. The lowest BCUT2D eigenvalue weighted by molar-refractivity contribution is -0.176. The summed E-state index contributed by atoms with van der Waals surface area (Å²) in [6.45, 7) is 6.18. The number of hydrogen-bond donors (Lipinski definition) is 2. The van der Waals surface area contributed by atoms with Crippen molar-refractivity contribution in [2.75, 3.05) is 27.3 Å². The lowest BCUT2D eigenvalue weighted by Gasteiger charge is -2.30. The van der Waals surface area contributed by atoms with Crippen LogP contribution in [0.3, 0.4) is 0 Å². The van der Waals surface area contributed by atoms with Gasteiger partial charge in [-0.2, -0.15) is 13.2 Å². The molecule has 0 saturated carbocycles. The van der Waals surface area contributed by atoms with Crippen molar-refractivity contribution in [3.05, 3.63) is 35.4 Å². The molecule has 1 rings (SSSR count). The van der Waals surface area contributed by atoms with Gasteiger partial charge < -0.3 is 20.1 Å². The molecule has 0 aliphatic rings. The van der Waals surface area contributed by atoms with Crippen molar-refractivity contribution in [2.24, 2.45) is 10.4 Å². The molecule has 0 aliphatic heterocycles. The van der Waals surface area contributed by atoms with Crippen LogP contribution in [0.15, 0.2) is 29.3 Å². The maximum Gasteiger partial charge on any atom is 0.411 e. The second kappa shape index (κ2) is 10.5. The number of benzene rings is 1. The largest absolute Gasteiger partial charge is 0.411 e. The Balaban J connectivity index is 2.44. The van der Waals surface area contributed by atoms with E-state index >= 15 is 0 Å². The summed E-state index contributed by atoms with van der Waals surface area (Å²) >= 11 is 0. The molecule has 1 atom stereocenters. The van der Waals surface area contributed by atoms with Gasteiger partial charge in [0.2, 0.25) is 0 Å². The van der Waals surface area contributed by atoms with Gasteiger partial charge in [0.25, 0.3) is 0 Å². The van der Waals surface area contributed by atoms with Gasteiger partial charge in [-0.1, -0.05) is 45.0 Å². The lowest BCUT2D eigenvalue weighted by Crippen LogP contribution is -2.45. The van der Waals surface area contributed by atoms with Crippen molar-refractivity contribution in [2.45, 2.75) is 46.2 Å². The molecule has 8 heteroatoms. The fraction of sp³-hybridized carbons (Fsp3) is 0.632. The molecule has 0 radical (unpaired) electrons. The van der Waals surface area contributed by atoms with Gasteiger partial charge in [0.1, 0.15) is 6.61 Å². The maximum absolute atomic E-state index is 12.1. The Morgan fingerprint density at radius 2 is 1.67 bits per heavy atom. The Morgan fingerprint density at radius 1 is 1.07 bits per heavy atom. The predicted octanol–water partition coefficient (Wildman–Crippen LogP) is 3.49. The number of hydrogen-bond acceptors (Lipinski definition) is 3. The Labute approximate surface area is 159 Å². The van der Waals surface area contributed by atoms with Crippen LogP contribution in [0.25, 0.3) is 0 Å². The average Bonchev–Trinajstić information content (AvgIpc) is 2.57. The predicted molar refractivity (Wildman–Crippen MR) is 101 cm³/mol. The Hall–Kier alpha value is -1.80. The first kappa shape index (κ1) is 23.2. The summed E-state index contributed by atoms with van der Waals surface area (Å²) in [4.78, 5) is 4.18. The summed E-state index contributed by atoms with van der Waals surface area (Å²) in [5, 5.41) is 6.44. The van der Waals surface area contributed by atoms with E-state index in [1.54, 1.807) is 26.3 Å². The second-order valence-electron chi connectivity index (χ2n) is 7.32. The summed E-state index contributed by atoms with van der Waals surface area (Å²) in [5.41, 5.74) is 1.68. The second-order valence-corrected chi connectivity index (χ2v) is 7.32. The minimum atomic E-state index is -4.30. The first-order chi connectivity index (χ1) is 12.5. The fourth-order valence-corrected chi connectivity index (χ4v) is 2.38. The third kappa shape index (κ3) is 9.63. The third-order valence-electron chi connectivity index (χ3n) is 3.95. The first-order valence-electron chi connectivity index (χ1n) is 8.75. The normalized spacial score (nSPS) is 14.1. The molecule has 0 spiro atoms. The standard InChI is InChI=1S/C19H30F3N3O2/c1-18(2,3)16(26-5)11-25-17(23-4)24-10-14-6-8-15(9-7-14)12-27-13-19(20,21)22/h6-9,16H,10-13H2,1-5H3,(H2,23,24,25). The highest BCUT2D eigenvalue weighted by Gasteiger charge is 2.27. The van der Waals surface area contributed by atoms with Gasteiger partial charge in [0, 0.05) is 27.2 Å². The van der Waals surface area contributed by atoms with Crippen molar-refractivity contribution in [1.82, 2.24) is 10.6 Å². The van der Waals surface area contributed by atoms with Crippen LogP contribution in [-0.2, 0) is 22.6 Å². The molecule has 27 heavy (non-hydrogen) atoms. The number of aliphatic imine (C=N–C) groups is 1. The minimum Gasteiger partial charge on any atom is -0.379 e. The van der Waals surface area contributed by atoms with E-state index in [2.05, 4.69) is 41.1 Å². The molecule has 1 aromatic rings. The molecule has 0 aliphatic carbocycles. The zero-order valence-corrected chi connectivity index (χ0v) is 16.6. The molecular formula is C19H30F3N3O2. The minimum absolute atomic E-state index is 0.00458. The zero-order chi connectivity index (χ0) is 20.5. The van der Waals surface area contributed by atoms with Gasteiger partial charge in [0.15, 0.2) is 5.96 Å². The molecule has 0 amide bonds. The fourth-order valence-electron chi connectivity index (χ4n) is 2.38. The molecular weight excluding hydrogens is 359 g/mol. The van der Waals surface area contributed by atoms with Crippen LogP contribution >= 0.6 is 0 Å². The lowest BCUT2D eigenvalue weighted by atomic mass is 9.89. The summed E-state index contributed by atoms with van der Waals surface area (Å²) in [5.74, 6) is 0.652. The molecule has 0 heterocycles. The number of rotatable bonds is 8. The van der Waals surface area contributed by atoms with E-state index in [4.69, 9.17) is 4.74 Å². The topological polar surface area (TPSA) is 54.9 Å². The van der Waals surface area contributed by atoms with E-state index in [9.17, 15) is 13.2 Å². The maximum atomic E-state index is 12.1. The third-order valence-corrected chi connectivity index (χ3v) is 3.95. The van der Waals surface area contributed by atoms with E-state index in [-0.39, 0.29) is 18.1 Å². The molecule has 1 unspecified atom stereocenters. The van der Waals surface area contributed by atoms with Crippen molar-refractivity contribution < 1.29 is 22.6 Å². The highest BCUT2D eigenvalue weighted by molar-refractivity contribution is 5.79. The van der Waals surface area contributed by atoms with E-state index < -0.39 is 12.8 Å². The average molecular weight is 389 g/mol.